The number of ether oxygens (including phenoxy) is 2. The average molecular weight is 276 g/mol. The lowest BCUT2D eigenvalue weighted by atomic mass is 9.91. The molecule has 5 heteroatoms. The van der Waals surface area contributed by atoms with Gasteiger partial charge in [-0.05, 0) is 24.6 Å². The van der Waals surface area contributed by atoms with E-state index in [1.165, 1.54) is 7.11 Å². The van der Waals surface area contributed by atoms with Crippen LogP contribution in [-0.4, -0.2) is 49.0 Å². The van der Waals surface area contributed by atoms with Gasteiger partial charge in [-0.2, -0.15) is 5.26 Å². The minimum Gasteiger partial charge on any atom is -0.504 e. The smallest absolute Gasteiger partial charge is 0.160 e. The van der Waals surface area contributed by atoms with Gasteiger partial charge >= 0.3 is 0 Å². The largest absolute Gasteiger partial charge is 0.504 e. The van der Waals surface area contributed by atoms with Crippen LogP contribution in [0.2, 0.25) is 0 Å². The van der Waals surface area contributed by atoms with Gasteiger partial charge in [-0.15, -0.1) is 0 Å². The van der Waals surface area contributed by atoms with Gasteiger partial charge in [-0.25, -0.2) is 0 Å². The monoisotopic (exact) mass is 276 g/mol. The van der Waals surface area contributed by atoms with Crippen LogP contribution in [0.4, 0.5) is 0 Å². The van der Waals surface area contributed by atoms with Gasteiger partial charge in [0.2, 0.25) is 0 Å². The van der Waals surface area contributed by atoms with E-state index in [1.54, 1.807) is 12.1 Å². The third-order valence-corrected chi connectivity index (χ3v) is 3.74. The molecule has 20 heavy (non-hydrogen) atoms. The number of hydrogen-bond acceptors (Lipinski definition) is 5. The van der Waals surface area contributed by atoms with Crippen molar-refractivity contribution in [3.05, 3.63) is 23.8 Å². The zero-order valence-electron chi connectivity index (χ0n) is 11.9. The number of nitrogens with zero attached hydrogens (tertiary/aromatic N) is 2. The zero-order valence-corrected chi connectivity index (χ0v) is 11.9. The van der Waals surface area contributed by atoms with Gasteiger partial charge in [0.25, 0.3) is 0 Å². The Morgan fingerprint density at radius 3 is 2.75 bits per heavy atom. The van der Waals surface area contributed by atoms with Crippen molar-refractivity contribution in [2.75, 3.05) is 33.4 Å². The van der Waals surface area contributed by atoms with Crippen LogP contribution >= 0.6 is 0 Å². The van der Waals surface area contributed by atoms with Crippen molar-refractivity contribution >= 4 is 0 Å². The maximum absolute atomic E-state index is 9.62. The quantitative estimate of drug-likeness (QED) is 0.904. The molecule has 1 aliphatic heterocycles. The molecule has 0 saturated carbocycles. The van der Waals surface area contributed by atoms with Gasteiger partial charge in [0.1, 0.15) is 5.54 Å². The Morgan fingerprint density at radius 1 is 1.45 bits per heavy atom. The minimum atomic E-state index is -0.578. The molecule has 1 N–H and O–H groups in total. The molecule has 0 radical (unpaired) electrons. The Labute approximate surface area is 119 Å². The number of nitriles is 1. The molecule has 1 unspecified atom stereocenters. The molecule has 0 aromatic heterocycles. The number of methoxy groups -OCH3 is 1. The fourth-order valence-electron chi connectivity index (χ4n) is 2.51. The van der Waals surface area contributed by atoms with Gasteiger partial charge in [0.05, 0.1) is 26.4 Å². The first kappa shape index (κ1) is 14.6. The first-order valence-corrected chi connectivity index (χ1v) is 6.69. The predicted molar refractivity (Wildman–Crippen MR) is 74.8 cm³/mol. The number of benzene rings is 1. The summed E-state index contributed by atoms with van der Waals surface area (Å²) in [7, 11) is 1.52. The van der Waals surface area contributed by atoms with E-state index in [-0.39, 0.29) is 5.75 Å². The summed E-state index contributed by atoms with van der Waals surface area (Å²) in [6.07, 6.45) is 0.583. The SMILES string of the molecule is COc1cc(CC(C)(C#N)N2CCOCC2)ccc1O. The lowest BCUT2D eigenvalue weighted by molar-refractivity contribution is 0.00188. The maximum atomic E-state index is 9.62. The number of hydrogen-bond donors (Lipinski definition) is 1. The molecule has 1 saturated heterocycles. The molecule has 1 aliphatic rings. The summed E-state index contributed by atoms with van der Waals surface area (Å²) >= 11 is 0. The van der Waals surface area contributed by atoms with E-state index in [4.69, 9.17) is 9.47 Å². The Bertz CT molecular complexity index is 506. The lowest BCUT2D eigenvalue weighted by Gasteiger charge is -2.38. The Kier molecular flexibility index (Phi) is 4.48. The molecule has 1 fully saturated rings. The number of phenols is 1. The van der Waals surface area contributed by atoms with Crippen LogP contribution < -0.4 is 4.74 Å². The Hall–Kier alpha value is -1.77. The van der Waals surface area contributed by atoms with Gasteiger partial charge < -0.3 is 14.6 Å². The highest BCUT2D eigenvalue weighted by Gasteiger charge is 2.33. The first-order valence-electron chi connectivity index (χ1n) is 6.69. The van der Waals surface area contributed by atoms with Crippen LogP contribution in [-0.2, 0) is 11.2 Å². The van der Waals surface area contributed by atoms with Crippen molar-refractivity contribution in [1.82, 2.24) is 4.90 Å². The van der Waals surface area contributed by atoms with Crippen LogP contribution in [0.15, 0.2) is 18.2 Å². The van der Waals surface area contributed by atoms with E-state index in [1.807, 2.05) is 13.0 Å². The van der Waals surface area contributed by atoms with Crippen LogP contribution in [0.3, 0.4) is 0 Å². The highest BCUT2D eigenvalue weighted by molar-refractivity contribution is 5.42. The van der Waals surface area contributed by atoms with Crippen molar-refractivity contribution in [2.24, 2.45) is 0 Å². The van der Waals surface area contributed by atoms with Crippen LogP contribution in [0.25, 0.3) is 0 Å². The molecule has 2 rings (SSSR count). The van der Waals surface area contributed by atoms with E-state index < -0.39 is 5.54 Å². The van der Waals surface area contributed by atoms with E-state index in [0.29, 0.717) is 25.4 Å². The number of rotatable bonds is 4. The van der Waals surface area contributed by atoms with E-state index in [9.17, 15) is 10.4 Å². The first-order chi connectivity index (χ1) is 9.59. The average Bonchev–Trinajstić information content (AvgIpc) is 2.50. The van der Waals surface area contributed by atoms with Crippen molar-refractivity contribution in [1.29, 1.82) is 5.26 Å². The van der Waals surface area contributed by atoms with Crippen molar-refractivity contribution < 1.29 is 14.6 Å². The third-order valence-electron chi connectivity index (χ3n) is 3.74. The van der Waals surface area contributed by atoms with E-state index in [2.05, 4.69) is 11.0 Å². The Balaban J connectivity index is 2.19. The van der Waals surface area contributed by atoms with E-state index >= 15 is 0 Å². The van der Waals surface area contributed by atoms with Crippen molar-refractivity contribution in [3.8, 4) is 17.6 Å². The molecule has 1 atom stereocenters. The second-order valence-corrected chi connectivity index (χ2v) is 5.17. The summed E-state index contributed by atoms with van der Waals surface area (Å²) in [6.45, 7) is 4.79. The van der Waals surface area contributed by atoms with Gasteiger partial charge in [-0.3, -0.25) is 4.90 Å². The topological polar surface area (TPSA) is 65.7 Å². The maximum Gasteiger partial charge on any atom is 0.160 e. The summed E-state index contributed by atoms with van der Waals surface area (Å²) in [6, 6.07) is 7.63. The molecule has 1 aromatic rings. The van der Waals surface area contributed by atoms with Gasteiger partial charge in [-0.1, -0.05) is 6.07 Å². The number of morpholine rings is 1. The Morgan fingerprint density at radius 2 is 2.15 bits per heavy atom. The zero-order chi connectivity index (χ0) is 14.6. The standard InChI is InChI=1S/C15H20N2O3/c1-15(11-16,17-5-7-20-8-6-17)10-12-3-4-13(18)14(9-12)19-2/h3-4,9,18H,5-8,10H2,1-2H3. The molecule has 1 aromatic carbocycles. The summed E-state index contributed by atoms with van der Waals surface area (Å²) in [4.78, 5) is 2.15. The normalized spacial score (nSPS) is 19.1. The highest BCUT2D eigenvalue weighted by atomic mass is 16.5. The molecule has 0 amide bonds. The fraction of sp³-hybridized carbons (Fsp3) is 0.533. The van der Waals surface area contributed by atoms with E-state index in [0.717, 1.165) is 18.7 Å². The van der Waals surface area contributed by atoms with Gasteiger partial charge in [0, 0.05) is 19.5 Å². The highest BCUT2D eigenvalue weighted by Crippen LogP contribution is 2.29. The summed E-state index contributed by atoms with van der Waals surface area (Å²) in [5.74, 6) is 0.547. The minimum absolute atomic E-state index is 0.112. The molecule has 0 spiro atoms. The van der Waals surface area contributed by atoms with Crippen LogP contribution in [0.5, 0.6) is 11.5 Å². The molecule has 5 nitrogen and oxygen atoms in total. The van der Waals surface area contributed by atoms with Crippen molar-refractivity contribution in [3.63, 3.8) is 0 Å². The second kappa shape index (κ2) is 6.12. The summed E-state index contributed by atoms with van der Waals surface area (Å²) in [5, 5.41) is 19.2. The van der Waals surface area contributed by atoms with Gasteiger partial charge in [0.15, 0.2) is 11.5 Å². The molecular weight excluding hydrogens is 256 g/mol. The van der Waals surface area contributed by atoms with Crippen LogP contribution in [0.1, 0.15) is 12.5 Å². The molecule has 1 heterocycles. The molecule has 0 aliphatic carbocycles. The molecule has 108 valence electrons. The third kappa shape index (κ3) is 3.03. The lowest BCUT2D eigenvalue weighted by Crippen LogP contribution is -2.52. The van der Waals surface area contributed by atoms with Crippen molar-refractivity contribution in [2.45, 2.75) is 18.9 Å². The number of phenolic OH excluding ortho intramolecular Hbond substituents is 1. The predicted octanol–water partition coefficient (Wildman–Crippen LogP) is 1.56. The number of aromatic hydroxyl groups is 1. The second-order valence-electron chi connectivity index (χ2n) is 5.17. The molecule has 0 bridgehead atoms. The summed E-state index contributed by atoms with van der Waals surface area (Å²) in [5.41, 5.74) is 0.390. The molecular formula is C15H20N2O3. The fourth-order valence-corrected chi connectivity index (χ4v) is 2.51. The summed E-state index contributed by atoms with van der Waals surface area (Å²) < 4.78 is 10.5. The van der Waals surface area contributed by atoms with Crippen LogP contribution in [0, 0.1) is 11.3 Å².